The Bertz CT molecular complexity index is 608. The van der Waals surface area contributed by atoms with Gasteiger partial charge in [-0.25, -0.2) is 4.98 Å². The second kappa shape index (κ2) is 7.15. The maximum Gasteiger partial charge on any atom is 0.229 e. The number of anilines is 2. The lowest BCUT2D eigenvalue weighted by Gasteiger charge is -2.44. The van der Waals surface area contributed by atoms with E-state index in [2.05, 4.69) is 33.6 Å². The summed E-state index contributed by atoms with van der Waals surface area (Å²) in [5.74, 6) is 1.48. The molecule has 3 rings (SSSR count). The van der Waals surface area contributed by atoms with Crippen molar-refractivity contribution in [3.05, 3.63) is 11.8 Å². The van der Waals surface area contributed by atoms with Gasteiger partial charge in [-0.3, -0.25) is 4.79 Å². The molecule has 25 heavy (non-hydrogen) atoms. The van der Waals surface area contributed by atoms with Crippen LogP contribution < -0.4 is 10.6 Å². The molecule has 0 saturated carbocycles. The standard InChI is InChI=1S/C18H30N6O/c1-4-22-7-5-6-18(3,13-22)16(25)24-10-8-23(9-11-24)15-12-14(2)20-17(19)21-15/h12H,4-11,13H2,1-3H3,(H2,19,20,21). The number of piperazine rings is 1. The molecule has 2 aliphatic rings. The molecule has 2 aliphatic heterocycles. The number of nitrogen functional groups attached to an aromatic ring is 1. The first-order valence-corrected chi connectivity index (χ1v) is 9.29. The van der Waals surface area contributed by atoms with Gasteiger partial charge in [-0.05, 0) is 39.8 Å². The molecule has 1 unspecified atom stereocenters. The second-order valence-electron chi connectivity index (χ2n) is 7.54. The van der Waals surface area contributed by atoms with Gasteiger partial charge in [0.2, 0.25) is 11.9 Å². The molecule has 0 aromatic carbocycles. The molecule has 7 nitrogen and oxygen atoms in total. The number of carbonyl (C=O) groups is 1. The van der Waals surface area contributed by atoms with E-state index < -0.39 is 0 Å². The lowest BCUT2D eigenvalue weighted by molar-refractivity contribution is -0.144. The highest BCUT2D eigenvalue weighted by molar-refractivity contribution is 5.83. The van der Waals surface area contributed by atoms with Crippen LogP contribution in [0.15, 0.2) is 6.07 Å². The van der Waals surface area contributed by atoms with Crippen molar-refractivity contribution in [3.63, 3.8) is 0 Å². The van der Waals surface area contributed by atoms with Gasteiger partial charge in [0.1, 0.15) is 5.82 Å². The molecule has 2 N–H and O–H groups in total. The van der Waals surface area contributed by atoms with Gasteiger partial charge < -0.3 is 20.4 Å². The topological polar surface area (TPSA) is 78.6 Å². The fraction of sp³-hybridized carbons (Fsp3) is 0.722. The van der Waals surface area contributed by atoms with Crippen molar-refractivity contribution < 1.29 is 4.79 Å². The highest BCUT2D eigenvalue weighted by Gasteiger charge is 2.40. The summed E-state index contributed by atoms with van der Waals surface area (Å²) in [6, 6.07) is 1.95. The van der Waals surface area contributed by atoms with Crippen LogP contribution >= 0.6 is 0 Å². The van der Waals surface area contributed by atoms with Gasteiger partial charge in [0.05, 0.1) is 5.41 Å². The van der Waals surface area contributed by atoms with Crippen molar-refractivity contribution in [2.24, 2.45) is 5.41 Å². The van der Waals surface area contributed by atoms with Gasteiger partial charge in [0.15, 0.2) is 0 Å². The van der Waals surface area contributed by atoms with E-state index in [4.69, 9.17) is 5.73 Å². The molecule has 1 aromatic heterocycles. The number of nitrogens with two attached hydrogens (primary N) is 1. The van der Waals surface area contributed by atoms with Crippen molar-refractivity contribution in [3.8, 4) is 0 Å². The zero-order valence-electron chi connectivity index (χ0n) is 15.7. The number of piperidine rings is 1. The summed E-state index contributed by atoms with van der Waals surface area (Å²) in [4.78, 5) is 28.2. The van der Waals surface area contributed by atoms with E-state index in [0.29, 0.717) is 11.9 Å². The predicted octanol–water partition coefficient (Wildman–Crippen LogP) is 1.14. The van der Waals surface area contributed by atoms with Crippen molar-refractivity contribution in [1.82, 2.24) is 19.8 Å². The van der Waals surface area contributed by atoms with E-state index in [0.717, 1.165) is 70.2 Å². The molecule has 3 heterocycles. The Morgan fingerprint density at radius 1 is 1.24 bits per heavy atom. The molecule has 1 amide bonds. The SMILES string of the molecule is CCN1CCCC(C)(C(=O)N2CCN(c3cc(C)nc(N)n3)CC2)C1. The van der Waals surface area contributed by atoms with Crippen LogP contribution in [0.3, 0.4) is 0 Å². The fourth-order valence-corrected chi connectivity index (χ4v) is 4.05. The smallest absolute Gasteiger partial charge is 0.229 e. The Labute approximate surface area is 150 Å². The minimum atomic E-state index is -0.244. The van der Waals surface area contributed by atoms with Gasteiger partial charge >= 0.3 is 0 Å². The number of aryl methyl sites for hydroxylation is 1. The first-order valence-electron chi connectivity index (χ1n) is 9.29. The fourth-order valence-electron chi connectivity index (χ4n) is 4.05. The summed E-state index contributed by atoms with van der Waals surface area (Å²) in [6.45, 7) is 12.3. The Morgan fingerprint density at radius 2 is 1.96 bits per heavy atom. The molecule has 0 spiro atoms. The average molecular weight is 346 g/mol. The predicted molar refractivity (Wildman–Crippen MR) is 99.4 cm³/mol. The molecule has 1 aromatic rings. The van der Waals surface area contributed by atoms with Crippen molar-refractivity contribution in [2.75, 3.05) is 56.4 Å². The number of amides is 1. The normalized spacial score (nSPS) is 25.2. The summed E-state index contributed by atoms with van der Waals surface area (Å²) in [6.07, 6.45) is 2.10. The maximum absolute atomic E-state index is 13.1. The van der Waals surface area contributed by atoms with E-state index in [1.165, 1.54) is 0 Å². The third-order valence-corrected chi connectivity index (χ3v) is 5.49. The molecule has 1 atom stereocenters. The zero-order valence-corrected chi connectivity index (χ0v) is 15.7. The summed E-state index contributed by atoms with van der Waals surface area (Å²) >= 11 is 0. The second-order valence-corrected chi connectivity index (χ2v) is 7.54. The van der Waals surface area contributed by atoms with Crippen LogP contribution in [0, 0.1) is 12.3 Å². The van der Waals surface area contributed by atoms with Crippen LogP contribution in [0.25, 0.3) is 0 Å². The molecule has 2 fully saturated rings. The largest absolute Gasteiger partial charge is 0.368 e. The van der Waals surface area contributed by atoms with E-state index in [9.17, 15) is 4.79 Å². The van der Waals surface area contributed by atoms with Crippen molar-refractivity contribution in [1.29, 1.82) is 0 Å². The third kappa shape index (κ3) is 3.86. The zero-order chi connectivity index (χ0) is 18.0. The Hall–Kier alpha value is -1.89. The quantitative estimate of drug-likeness (QED) is 0.884. The van der Waals surface area contributed by atoms with Crippen LogP contribution in [-0.4, -0.2) is 71.5 Å². The first-order chi connectivity index (χ1) is 11.9. The van der Waals surface area contributed by atoms with E-state index in [-0.39, 0.29) is 5.41 Å². The van der Waals surface area contributed by atoms with Crippen LogP contribution in [0.4, 0.5) is 11.8 Å². The van der Waals surface area contributed by atoms with E-state index in [1.54, 1.807) is 0 Å². The number of hydrogen-bond acceptors (Lipinski definition) is 6. The number of likely N-dealkylation sites (tertiary alicyclic amines) is 1. The van der Waals surface area contributed by atoms with Gasteiger partial charge in [-0.1, -0.05) is 6.92 Å². The number of nitrogens with zero attached hydrogens (tertiary/aromatic N) is 5. The van der Waals surface area contributed by atoms with Crippen molar-refractivity contribution >= 4 is 17.7 Å². The molecule has 2 saturated heterocycles. The molecule has 0 bridgehead atoms. The maximum atomic E-state index is 13.1. The van der Waals surface area contributed by atoms with Crippen LogP contribution in [-0.2, 0) is 4.79 Å². The minimum absolute atomic E-state index is 0.244. The van der Waals surface area contributed by atoms with E-state index in [1.807, 2.05) is 17.9 Å². The summed E-state index contributed by atoms with van der Waals surface area (Å²) in [5, 5.41) is 0. The number of aromatic nitrogens is 2. The average Bonchev–Trinajstić information content (AvgIpc) is 2.60. The summed E-state index contributed by atoms with van der Waals surface area (Å²) in [7, 11) is 0. The molecule has 0 aliphatic carbocycles. The highest BCUT2D eigenvalue weighted by atomic mass is 16.2. The molecule has 0 radical (unpaired) electrons. The van der Waals surface area contributed by atoms with Crippen LogP contribution in [0.5, 0.6) is 0 Å². The van der Waals surface area contributed by atoms with Crippen molar-refractivity contribution in [2.45, 2.75) is 33.6 Å². The third-order valence-electron chi connectivity index (χ3n) is 5.49. The minimum Gasteiger partial charge on any atom is -0.368 e. The lowest BCUT2D eigenvalue weighted by atomic mass is 9.80. The monoisotopic (exact) mass is 346 g/mol. The first kappa shape index (κ1) is 17.9. The molecular weight excluding hydrogens is 316 g/mol. The number of hydrogen-bond donors (Lipinski definition) is 1. The summed E-state index contributed by atoms with van der Waals surface area (Å²) in [5.41, 5.74) is 6.39. The van der Waals surface area contributed by atoms with Crippen LogP contribution in [0.2, 0.25) is 0 Å². The van der Waals surface area contributed by atoms with Crippen LogP contribution in [0.1, 0.15) is 32.4 Å². The number of rotatable bonds is 3. The Kier molecular flexibility index (Phi) is 5.13. The van der Waals surface area contributed by atoms with Gasteiger partial charge in [-0.2, -0.15) is 4.98 Å². The molecule has 138 valence electrons. The lowest BCUT2D eigenvalue weighted by Crippen LogP contribution is -2.56. The Balaban J connectivity index is 1.62. The number of carbonyl (C=O) groups excluding carboxylic acids is 1. The Morgan fingerprint density at radius 3 is 2.60 bits per heavy atom. The van der Waals surface area contributed by atoms with Gasteiger partial charge in [0.25, 0.3) is 0 Å². The van der Waals surface area contributed by atoms with Gasteiger partial charge in [0, 0.05) is 44.5 Å². The highest BCUT2D eigenvalue weighted by Crippen LogP contribution is 2.32. The van der Waals surface area contributed by atoms with E-state index >= 15 is 0 Å². The summed E-state index contributed by atoms with van der Waals surface area (Å²) < 4.78 is 0. The molecule has 7 heteroatoms. The van der Waals surface area contributed by atoms with Gasteiger partial charge in [-0.15, -0.1) is 0 Å². The molecular formula is C18H30N6O.